The lowest BCUT2D eigenvalue weighted by Crippen LogP contribution is -2.11. The Kier molecular flexibility index (Phi) is 8.17. The standard InChI is InChI=1S/C38H25F6NS/c1-23(46-36-12-5-4-11-35(36)45)31-17-18-32(34-10-3-2-9-33(31)34)27-8-6-7-26(19-27)24-13-15-25(16-14-24)28-20-29(37(39,40)41)22-30(21-28)38(42,43)44/h2-22H,1,45H2. The smallest absolute Gasteiger partial charge is 0.398 e. The second kappa shape index (κ2) is 12.1. The maximum absolute atomic E-state index is 13.4. The van der Waals surface area contributed by atoms with E-state index in [4.69, 9.17) is 5.73 Å². The van der Waals surface area contributed by atoms with E-state index in [1.54, 1.807) is 12.1 Å². The van der Waals surface area contributed by atoms with Crippen molar-refractivity contribution >= 4 is 33.1 Å². The van der Waals surface area contributed by atoms with Crippen LogP contribution >= 0.6 is 11.8 Å². The van der Waals surface area contributed by atoms with Crippen LogP contribution in [-0.4, -0.2) is 0 Å². The van der Waals surface area contributed by atoms with Crippen LogP contribution in [0.1, 0.15) is 16.7 Å². The summed E-state index contributed by atoms with van der Waals surface area (Å²) in [6.07, 6.45) is -9.83. The second-order valence-corrected chi connectivity index (χ2v) is 11.9. The molecule has 0 saturated carbocycles. The number of alkyl halides is 6. The first kappa shape index (κ1) is 31.0. The van der Waals surface area contributed by atoms with Gasteiger partial charge in [-0.2, -0.15) is 26.3 Å². The van der Waals surface area contributed by atoms with E-state index in [0.29, 0.717) is 5.69 Å². The minimum Gasteiger partial charge on any atom is -0.398 e. The third-order valence-electron chi connectivity index (χ3n) is 7.69. The molecule has 0 aliphatic carbocycles. The summed E-state index contributed by atoms with van der Waals surface area (Å²) in [6, 6.07) is 35.7. The normalized spacial score (nSPS) is 12.0. The molecule has 0 aliphatic rings. The lowest BCUT2D eigenvalue weighted by molar-refractivity contribution is -0.143. The molecule has 46 heavy (non-hydrogen) atoms. The minimum atomic E-state index is -4.92. The third-order valence-corrected chi connectivity index (χ3v) is 8.75. The first-order valence-corrected chi connectivity index (χ1v) is 14.9. The first-order chi connectivity index (χ1) is 21.9. The Morgan fingerprint density at radius 3 is 1.72 bits per heavy atom. The van der Waals surface area contributed by atoms with E-state index >= 15 is 0 Å². The van der Waals surface area contributed by atoms with Gasteiger partial charge >= 0.3 is 12.4 Å². The van der Waals surface area contributed by atoms with Gasteiger partial charge in [0.15, 0.2) is 0 Å². The zero-order valence-electron chi connectivity index (χ0n) is 24.1. The predicted molar refractivity (Wildman–Crippen MR) is 176 cm³/mol. The van der Waals surface area contributed by atoms with Crippen molar-refractivity contribution in [1.29, 1.82) is 0 Å². The number of benzene rings is 6. The summed E-state index contributed by atoms with van der Waals surface area (Å²) in [7, 11) is 0. The lowest BCUT2D eigenvalue weighted by Gasteiger charge is -2.15. The van der Waals surface area contributed by atoms with Gasteiger partial charge in [-0.1, -0.05) is 109 Å². The number of hydrogen-bond acceptors (Lipinski definition) is 2. The van der Waals surface area contributed by atoms with Gasteiger partial charge in [0.25, 0.3) is 0 Å². The van der Waals surface area contributed by atoms with Gasteiger partial charge in [-0.25, -0.2) is 0 Å². The molecule has 230 valence electrons. The van der Waals surface area contributed by atoms with E-state index < -0.39 is 23.5 Å². The van der Waals surface area contributed by atoms with E-state index in [0.717, 1.165) is 60.5 Å². The van der Waals surface area contributed by atoms with Gasteiger partial charge in [-0.05, 0) is 86.1 Å². The SMILES string of the molecule is C=C(Sc1ccccc1N)c1ccc(-c2cccc(-c3ccc(-c4cc(C(F)(F)F)cc(C(F)(F)F)c4)cc3)c2)c2ccccc12. The van der Waals surface area contributed by atoms with Gasteiger partial charge in [0.05, 0.1) is 11.1 Å². The van der Waals surface area contributed by atoms with Crippen LogP contribution in [0.2, 0.25) is 0 Å². The number of fused-ring (bicyclic) bond motifs is 1. The summed E-state index contributed by atoms with van der Waals surface area (Å²) >= 11 is 1.51. The van der Waals surface area contributed by atoms with E-state index in [1.165, 1.54) is 23.9 Å². The number of hydrogen-bond donors (Lipinski definition) is 1. The highest BCUT2D eigenvalue weighted by atomic mass is 32.2. The molecule has 0 amide bonds. The van der Waals surface area contributed by atoms with Crippen molar-refractivity contribution in [1.82, 2.24) is 0 Å². The van der Waals surface area contributed by atoms with Gasteiger partial charge in [0.1, 0.15) is 0 Å². The molecule has 0 aromatic heterocycles. The molecule has 6 aromatic carbocycles. The van der Waals surface area contributed by atoms with Crippen LogP contribution in [0, 0.1) is 0 Å². The highest BCUT2D eigenvalue weighted by Gasteiger charge is 2.37. The maximum Gasteiger partial charge on any atom is 0.416 e. The Morgan fingerprint density at radius 1 is 0.522 bits per heavy atom. The molecule has 0 fully saturated rings. The quantitative estimate of drug-likeness (QED) is 0.111. The predicted octanol–water partition coefficient (Wildman–Crippen LogP) is 12.2. The van der Waals surface area contributed by atoms with Crippen molar-refractivity contribution in [2.45, 2.75) is 17.2 Å². The molecule has 0 aliphatic heterocycles. The van der Waals surface area contributed by atoms with Crippen LogP contribution < -0.4 is 5.73 Å². The summed E-state index contributed by atoms with van der Waals surface area (Å²) in [5, 5.41) is 2.06. The van der Waals surface area contributed by atoms with E-state index in [-0.39, 0.29) is 17.2 Å². The molecule has 8 heteroatoms. The van der Waals surface area contributed by atoms with Crippen LogP contribution in [0.5, 0.6) is 0 Å². The molecule has 1 nitrogen and oxygen atoms in total. The molecule has 0 atom stereocenters. The molecule has 0 spiro atoms. The van der Waals surface area contributed by atoms with Crippen molar-refractivity contribution in [2.75, 3.05) is 5.73 Å². The van der Waals surface area contributed by atoms with Gasteiger partial charge in [0.2, 0.25) is 0 Å². The molecule has 0 saturated heterocycles. The summed E-state index contributed by atoms with van der Waals surface area (Å²) in [5.41, 5.74) is 8.77. The molecular formula is C38H25F6NS. The number of para-hydroxylation sites is 1. The fourth-order valence-corrected chi connectivity index (χ4v) is 6.28. The first-order valence-electron chi connectivity index (χ1n) is 14.1. The monoisotopic (exact) mass is 641 g/mol. The van der Waals surface area contributed by atoms with Gasteiger partial charge < -0.3 is 5.73 Å². The molecule has 0 bridgehead atoms. The highest BCUT2D eigenvalue weighted by molar-refractivity contribution is 8.08. The highest BCUT2D eigenvalue weighted by Crippen LogP contribution is 2.42. The Balaban J connectivity index is 1.33. The van der Waals surface area contributed by atoms with E-state index in [2.05, 4.69) is 18.7 Å². The molecule has 0 heterocycles. The molecule has 6 rings (SSSR count). The van der Waals surface area contributed by atoms with Crippen LogP contribution in [0.25, 0.3) is 49.1 Å². The zero-order valence-corrected chi connectivity index (χ0v) is 24.9. The Hall–Kier alpha value is -4.95. The largest absolute Gasteiger partial charge is 0.416 e. The summed E-state index contributed by atoms with van der Waals surface area (Å²) in [4.78, 5) is 1.78. The summed E-state index contributed by atoms with van der Waals surface area (Å²) < 4.78 is 80.4. The summed E-state index contributed by atoms with van der Waals surface area (Å²) in [6.45, 7) is 4.33. The topological polar surface area (TPSA) is 26.0 Å². The van der Waals surface area contributed by atoms with Gasteiger partial charge in [-0.3, -0.25) is 0 Å². The van der Waals surface area contributed by atoms with E-state index in [9.17, 15) is 26.3 Å². The van der Waals surface area contributed by atoms with Crippen molar-refractivity contribution in [3.8, 4) is 33.4 Å². The number of rotatable bonds is 6. The maximum atomic E-state index is 13.4. The Morgan fingerprint density at radius 2 is 1.09 bits per heavy atom. The average Bonchev–Trinajstić information content (AvgIpc) is 3.04. The van der Waals surface area contributed by atoms with Crippen molar-refractivity contribution in [2.24, 2.45) is 0 Å². The number of nitrogens with two attached hydrogens (primary N) is 1. The number of nitrogen functional groups attached to an aromatic ring is 1. The fraction of sp³-hybridized carbons (Fsp3) is 0.0526. The number of anilines is 1. The molecule has 2 N–H and O–H groups in total. The van der Waals surface area contributed by atoms with Crippen molar-refractivity contribution in [3.05, 3.63) is 151 Å². The van der Waals surface area contributed by atoms with Crippen molar-refractivity contribution < 1.29 is 26.3 Å². The van der Waals surface area contributed by atoms with Crippen LogP contribution in [0.15, 0.2) is 139 Å². The molecule has 0 radical (unpaired) electrons. The van der Waals surface area contributed by atoms with Gasteiger partial charge in [-0.15, -0.1) is 0 Å². The molecule has 0 unspecified atom stereocenters. The Labute approximate surface area is 266 Å². The number of halogens is 6. The molecule has 6 aromatic rings. The van der Waals surface area contributed by atoms with Crippen LogP contribution in [-0.2, 0) is 12.4 Å². The molecular weight excluding hydrogens is 616 g/mol. The Bertz CT molecular complexity index is 2050. The summed E-state index contributed by atoms with van der Waals surface area (Å²) in [5.74, 6) is 0. The second-order valence-electron chi connectivity index (χ2n) is 10.7. The fourth-order valence-electron chi connectivity index (χ4n) is 5.40. The average molecular weight is 642 g/mol. The third kappa shape index (κ3) is 6.39. The minimum absolute atomic E-state index is 0.132. The van der Waals surface area contributed by atoms with E-state index in [1.807, 2.05) is 72.8 Å². The zero-order chi connectivity index (χ0) is 32.6. The van der Waals surface area contributed by atoms with Crippen LogP contribution in [0.4, 0.5) is 32.0 Å². The van der Waals surface area contributed by atoms with Gasteiger partial charge in [0, 0.05) is 15.5 Å². The number of thioether (sulfide) groups is 1. The van der Waals surface area contributed by atoms with Crippen molar-refractivity contribution in [3.63, 3.8) is 0 Å². The lowest BCUT2D eigenvalue weighted by atomic mass is 9.92. The van der Waals surface area contributed by atoms with Crippen LogP contribution in [0.3, 0.4) is 0 Å².